The number of aromatic nitrogens is 2. The summed E-state index contributed by atoms with van der Waals surface area (Å²) >= 11 is 12.9. The van der Waals surface area contributed by atoms with Crippen molar-refractivity contribution in [3.63, 3.8) is 0 Å². The molecule has 4 saturated heterocycles. The average molecular weight is 1980 g/mol. The third-order valence-electron chi connectivity index (χ3n) is 26.4. The molecule has 6 aliphatic heterocycles. The molecule has 0 spiro atoms. The van der Waals surface area contributed by atoms with Crippen LogP contribution in [0.15, 0.2) is 316 Å². The predicted octanol–water partition coefficient (Wildman–Crippen LogP) is 19.9. The van der Waals surface area contributed by atoms with Gasteiger partial charge < -0.3 is 69.8 Å². The van der Waals surface area contributed by atoms with E-state index in [0.717, 1.165) is 9.80 Å². The predicted molar refractivity (Wildman–Crippen MR) is 548 cm³/mol. The number of ether oxygens (including phenoxy) is 8. The van der Waals surface area contributed by atoms with Crippen molar-refractivity contribution in [1.82, 2.24) is 41.0 Å². The first kappa shape index (κ1) is 92.3. The minimum absolute atomic E-state index is 0.0121. The third-order valence-corrected chi connectivity index (χ3v) is 26.9. The van der Waals surface area contributed by atoms with Gasteiger partial charge in [-0.25, -0.2) is 0 Å². The van der Waals surface area contributed by atoms with Crippen LogP contribution in [-0.4, -0.2) is 168 Å². The SMILES string of the molecule is O=C(NCC1CO1)c1cccc(-c2cccc(Oc3cc4c5c(cc(Oc6cccc(-c7cccc(C(=O)NCC8CO8)c7)c6)c6c7c(Oc8cccc(-c9cccc(C(=O)NCC%10CO%10)c9)c8)cc8c9c(cc(Oc%10cccc(-c%11cccc(C(=O)NCC%12CO%12)c%11)c%10)c(c3c56)c97)C(=O)N(C(Cc3ccncc3)C(=O)Nc3ccc(Cl)cc3)C8=O)C(=O)N(C(Cc3ccncc3)C(=O)Nc3ccc(Cl)cc3)C4=O)c2)c1. The molecule has 0 saturated carbocycles. The smallest absolute Gasteiger partial charge is 0.262 e. The number of nitrogens with zero attached hydrogens (tertiary/aromatic N) is 4. The Morgan fingerprint density at radius 2 is 0.541 bits per heavy atom. The summed E-state index contributed by atoms with van der Waals surface area (Å²) in [5.41, 5.74) is 6.76. The zero-order valence-electron chi connectivity index (χ0n) is 77.5. The summed E-state index contributed by atoms with van der Waals surface area (Å²) in [4.78, 5) is 168. The van der Waals surface area contributed by atoms with Crippen LogP contribution in [0.5, 0.6) is 46.0 Å². The molecule has 0 bridgehead atoms. The van der Waals surface area contributed by atoms with Gasteiger partial charge in [0, 0.05) is 151 Å². The molecule has 720 valence electrons. The second kappa shape index (κ2) is 39.1. The molecule has 0 aliphatic carbocycles. The number of carbonyl (C=O) groups is 10. The summed E-state index contributed by atoms with van der Waals surface area (Å²) < 4.78 is 52.4. The molecule has 8 heterocycles. The molecule has 15 aromatic carbocycles. The average Bonchev–Trinajstić information content (AvgIpc) is 1.62. The van der Waals surface area contributed by atoms with Crippen molar-refractivity contribution in [1.29, 1.82) is 0 Å². The molecule has 10 amide bonds. The van der Waals surface area contributed by atoms with Crippen LogP contribution in [0.2, 0.25) is 10.0 Å². The van der Waals surface area contributed by atoms with E-state index in [0.29, 0.717) is 141 Å². The number of pyridine rings is 2. The molecule has 4 fully saturated rings. The molecule has 0 radical (unpaired) electrons. The van der Waals surface area contributed by atoms with Crippen LogP contribution in [0.1, 0.15) is 94.0 Å². The minimum Gasteiger partial charge on any atom is -0.457 e. The van der Waals surface area contributed by atoms with E-state index in [1.807, 2.05) is 48.5 Å². The third kappa shape index (κ3) is 19.2. The van der Waals surface area contributed by atoms with E-state index >= 15 is 28.8 Å². The van der Waals surface area contributed by atoms with Crippen molar-refractivity contribution in [2.75, 3.05) is 63.2 Å². The van der Waals surface area contributed by atoms with E-state index in [2.05, 4.69) is 41.9 Å². The lowest BCUT2D eigenvalue weighted by Gasteiger charge is -2.36. The number of hydrogen-bond acceptors (Lipinski definition) is 20. The lowest BCUT2D eigenvalue weighted by atomic mass is 9.80. The van der Waals surface area contributed by atoms with Crippen molar-refractivity contribution < 1.29 is 85.8 Å². The number of imide groups is 2. The molecule has 146 heavy (non-hydrogen) atoms. The van der Waals surface area contributed by atoms with E-state index in [-0.39, 0.29) is 184 Å². The lowest BCUT2D eigenvalue weighted by molar-refractivity contribution is -0.120. The lowest BCUT2D eigenvalue weighted by Crippen LogP contribution is -2.53. The zero-order valence-corrected chi connectivity index (χ0v) is 79.0. The van der Waals surface area contributed by atoms with Gasteiger partial charge in [0.25, 0.3) is 47.3 Å². The number of nitrogens with one attached hydrogen (secondary N) is 6. The maximum atomic E-state index is 17.4. The summed E-state index contributed by atoms with van der Waals surface area (Å²) in [7, 11) is 0. The highest BCUT2D eigenvalue weighted by molar-refractivity contribution is 6.45. The van der Waals surface area contributed by atoms with Crippen LogP contribution in [0.4, 0.5) is 11.4 Å². The van der Waals surface area contributed by atoms with Gasteiger partial charge in [0.2, 0.25) is 11.8 Å². The number of rotatable bonds is 34. The molecular weight excluding hydrogens is 1890 g/mol. The van der Waals surface area contributed by atoms with Crippen LogP contribution in [0.3, 0.4) is 0 Å². The molecule has 6 unspecified atom stereocenters. The summed E-state index contributed by atoms with van der Waals surface area (Å²) in [6, 6.07) is 78.1. The normalized spacial score (nSPS) is 16.1. The van der Waals surface area contributed by atoms with Gasteiger partial charge in [0.05, 0.1) is 73.1 Å². The fourth-order valence-electron chi connectivity index (χ4n) is 18.8. The van der Waals surface area contributed by atoms with Crippen molar-refractivity contribution in [3.8, 4) is 90.5 Å². The Labute approximate surface area is 843 Å². The summed E-state index contributed by atoms with van der Waals surface area (Å²) in [6.07, 6.45) is 5.15. The van der Waals surface area contributed by atoms with Crippen LogP contribution >= 0.6 is 23.2 Å². The monoisotopic (exact) mass is 1970 g/mol. The number of hydrogen-bond donors (Lipinski definition) is 6. The standard InChI is InChI=1S/C116H84Cl2N10O18/c117-77-25-29-79(30-26-77)125-111(133)93(41-63-33-37-119-38-34-63)127-113(135)89-51-95(143-81-21-5-13-69(47-81)65-9-1-17-73(43-65)107(129)121-55-85-59-139-85)101-102-96(144-82-22-6-14-70(48-82)66-10-2-18-74(44-66)108(130)122-56-86-60-140-86)52-91-100-92(116(138)128(115(91)137)94(42-64-35-39-120-40-36-64)112(134)126-80-31-27-78(118)28-32-80)54-98(146-84-24-8-16-72(50-84)68-12-4-20-76(46-68)110(132)124-58-88-62-142-88)104(106(100)102)103-97(53-90(114(127)136)99(89)105(101)103)145-83-23-7-15-71(49-83)67-11-3-19-75(45-67)109(131)123-57-87-61-141-87/h1-40,43-54,85-88,93-94H,41-42,55-62H2,(H,121,129)(H,122,130)(H,123,131)(H,124,132)(H,125,133)(H,126,134). The number of amides is 10. The first-order chi connectivity index (χ1) is 71.2. The Hall–Kier alpha value is -17.4. The number of epoxide rings is 4. The van der Waals surface area contributed by atoms with Gasteiger partial charge in [-0.05, 0) is 250 Å². The van der Waals surface area contributed by atoms with Crippen molar-refractivity contribution in [2.24, 2.45) is 0 Å². The van der Waals surface area contributed by atoms with Crippen molar-refractivity contribution in [2.45, 2.75) is 49.3 Å². The molecule has 6 aliphatic rings. The Morgan fingerprint density at radius 3 is 0.788 bits per heavy atom. The molecule has 6 atom stereocenters. The topological polar surface area (TPSA) is 362 Å². The molecule has 6 N–H and O–H groups in total. The highest BCUT2D eigenvalue weighted by Gasteiger charge is 2.48. The number of benzene rings is 15. The first-order valence-corrected chi connectivity index (χ1v) is 48.1. The Kier molecular flexibility index (Phi) is 24.8. The fraction of sp³-hybridized carbons (Fsp3) is 0.138. The van der Waals surface area contributed by atoms with Gasteiger partial charge in [0.15, 0.2) is 0 Å². The highest BCUT2D eigenvalue weighted by atomic mass is 35.5. The minimum atomic E-state index is -1.67. The second-order valence-corrected chi connectivity index (χ2v) is 37.2. The van der Waals surface area contributed by atoms with Gasteiger partial charge in [-0.2, -0.15) is 0 Å². The van der Waals surface area contributed by atoms with Crippen molar-refractivity contribution >= 4 is 137 Å². The second-order valence-electron chi connectivity index (χ2n) is 36.3. The van der Waals surface area contributed by atoms with Gasteiger partial charge in [-0.1, -0.05) is 120 Å². The van der Waals surface area contributed by atoms with Gasteiger partial charge in [0.1, 0.15) is 58.1 Å². The summed E-state index contributed by atoms with van der Waals surface area (Å²) in [5, 5.41) is 18.9. The van der Waals surface area contributed by atoms with Crippen LogP contribution in [0, 0.1) is 0 Å². The molecule has 30 heteroatoms. The zero-order chi connectivity index (χ0) is 99.5. The molecular formula is C116H84Cl2N10O18. The van der Waals surface area contributed by atoms with Crippen molar-refractivity contribution in [3.05, 3.63) is 382 Å². The number of halogens is 2. The van der Waals surface area contributed by atoms with Crippen LogP contribution < -0.4 is 50.8 Å². The van der Waals surface area contributed by atoms with Gasteiger partial charge in [-0.15, -0.1) is 0 Å². The Bertz CT molecular complexity index is 7390. The quantitative estimate of drug-likeness (QED) is 0.00944. The maximum absolute atomic E-state index is 17.4. The summed E-state index contributed by atoms with van der Waals surface area (Å²) in [6.45, 7) is 3.26. The summed E-state index contributed by atoms with van der Waals surface area (Å²) in [5.74, 6) is -6.85. The first-order valence-electron chi connectivity index (χ1n) is 47.4. The van der Waals surface area contributed by atoms with E-state index in [9.17, 15) is 19.2 Å². The van der Waals surface area contributed by atoms with E-state index in [1.54, 1.807) is 218 Å². The number of carbonyl (C=O) groups excluding carboxylic acids is 10. The van der Waals surface area contributed by atoms with E-state index in [1.165, 1.54) is 49.1 Å². The highest BCUT2D eigenvalue weighted by Crippen LogP contribution is 2.59. The van der Waals surface area contributed by atoms with Gasteiger partial charge >= 0.3 is 0 Å². The molecule has 28 nitrogen and oxygen atoms in total. The molecule has 23 rings (SSSR count). The fourth-order valence-corrected chi connectivity index (χ4v) is 19.1. The van der Waals surface area contributed by atoms with Gasteiger partial charge in [-0.3, -0.25) is 67.7 Å². The van der Waals surface area contributed by atoms with E-state index < -0.39 is 47.5 Å². The van der Waals surface area contributed by atoms with Crippen LogP contribution in [0.25, 0.3) is 87.6 Å². The maximum Gasteiger partial charge on any atom is 0.262 e. The molecule has 2 aromatic heterocycles. The number of fused-ring (bicyclic) bond motifs is 2. The Morgan fingerprint density at radius 1 is 0.301 bits per heavy atom. The van der Waals surface area contributed by atoms with Crippen LogP contribution in [-0.2, 0) is 41.4 Å². The largest absolute Gasteiger partial charge is 0.457 e. The molecule has 17 aromatic rings. The number of anilines is 2. The van der Waals surface area contributed by atoms with E-state index in [4.69, 9.17) is 61.1 Å². The Balaban J connectivity index is 0.822.